The maximum absolute atomic E-state index is 13.5. The minimum Gasteiger partial charge on any atom is -0.399 e. The van der Waals surface area contributed by atoms with Crippen LogP contribution in [0.1, 0.15) is 0 Å². The molecule has 0 unspecified atom stereocenters. The van der Waals surface area contributed by atoms with Gasteiger partial charge in [-0.25, -0.2) is 13.2 Å². The third kappa shape index (κ3) is 2.65. The molecular weight excluding hydrogens is 257 g/mol. The molecule has 7 heteroatoms. The number of hydrogen-bond acceptors (Lipinski definition) is 4. The largest absolute Gasteiger partial charge is 0.399 e. The van der Waals surface area contributed by atoms with Crippen LogP contribution in [0, 0.1) is 17.5 Å². The molecule has 100 valence electrons. The molecule has 0 saturated heterocycles. The minimum atomic E-state index is -1.16. The fourth-order valence-electron chi connectivity index (χ4n) is 1.43. The predicted octanol–water partition coefficient (Wildman–Crippen LogP) is 2.71. The number of nitrogens with two attached hydrogens (primary N) is 2. The summed E-state index contributed by atoms with van der Waals surface area (Å²) in [5.41, 5.74) is 15.2. The van der Waals surface area contributed by atoms with E-state index >= 15 is 0 Å². The summed E-state index contributed by atoms with van der Waals surface area (Å²) in [5.74, 6) is -2.93. The van der Waals surface area contributed by atoms with Gasteiger partial charge in [-0.15, -0.1) is 0 Å². The van der Waals surface area contributed by atoms with Crippen LogP contribution >= 0.6 is 0 Å². The van der Waals surface area contributed by atoms with Crippen LogP contribution < -0.4 is 22.3 Å². The van der Waals surface area contributed by atoms with Gasteiger partial charge in [0.25, 0.3) is 0 Å². The van der Waals surface area contributed by atoms with Crippen molar-refractivity contribution in [1.82, 2.24) is 0 Å². The summed E-state index contributed by atoms with van der Waals surface area (Å²) < 4.78 is 40.1. The summed E-state index contributed by atoms with van der Waals surface area (Å²) in [4.78, 5) is 0. The monoisotopic (exact) mass is 268 g/mol. The Labute approximate surface area is 107 Å². The summed E-state index contributed by atoms with van der Waals surface area (Å²) in [5, 5.41) is 0. The first-order valence-electron chi connectivity index (χ1n) is 5.29. The molecule has 0 heterocycles. The van der Waals surface area contributed by atoms with E-state index in [2.05, 4.69) is 10.9 Å². The molecule has 0 atom stereocenters. The van der Waals surface area contributed by atoms with Gasteiger partial charge in [-0.3, -0.25) is 10.9 Å². The topological polar surface area (TPSA) is 76.1 Å². The summed E-state index contributed by atoms with van der Waals surface area (Å²) in [6, 6.07) is 6.36. The van der Waals surface area contributed by atoms with Gasteiger partial charge in [0.05, 0.1) is 17.1 Å². The van der Waals surface area contributed by atoms with Gasteiger partial charge < -0.3 is 11.5 Å². The SMILES string of the molecule is Nc1ccc(NNc2ccc(N)c(F)c2F)c(F)c1. The van der Waals surface area contributed by atoms with Crippen LogP contribution in [0.4, 0.5) is 35.9 Å². The molecule has 4 nitrogen and oxygen atoms in total. The van der Waals surface area contributed by atoms with E-state index in [0.717, 1.165) is 6.07 Å². The highest BCUT2D eigenvalue weighted by molar-refractivity contribution is 5.59. The number of nitrogen functional groups attached to an aromatic ring is 2. The Morgan fingerprint density at radius 3 is 2.11 bits per heavy atom. The van der Waals surface area contributed by atoms with Gasteiger partial charge in [0.15, 0.2) is 11.6 Å². The molecule has 19 heavy (non-hydrogen) atoms. The van der Waals surface area contributed by atoms with Crippen molar-refractivity contribution in [3.05, 3.63) is 47.8 Å². The third-order valence-electron chi connectivity index (χ3n) is 2.44. The summed E-state index contributed by atoms with van der Waals surface area (Å²) >= 11 is 0. The first kappa shape index (κ1) is 12.9. The maximum Gasteiger partial charge on any atom is 0.185 e. The van der Waals surface area contributed by atoms with Crippen LogP contribution in [-0.4, -0.2) is 0 Å². The summed E-state index contributed by atoms with van der Waals surface area (Å²) in [6.07, 6.45) is 0. The fraction of sp³-hybridized carbons (Fsp3) is 0. The van der Waals surface area contributed by atoms with Crippen LogP contribution in [0.15, 0.2) is 30.3 Å². The van der Waals surface area contributed by atoms with E-state index in [-0.39, 0.29) is 22.7 Å². The molecule has 0 bridgehead atoms. The van der Waals surface area contributed by atoms with Crippen LogP contribution in [0.25, 0.3) is 0 Å². The zero-order valence-corrected chi connectivity index (χ0v) is 9.68. The fourth-order valence-corrected chi connectivity index (χ4v) is 1.43. The zero-order chi connectivity index (χ0) is 14.0. The molecular formula is C12H11F3N4. The van der Waals surface area contributed by atoms with Crippen LogP contribution in [0.3, 0.4) is 0 Å². The number of hydrogen-bond donors (Lipinski definition) is 4. The average molecular weight is 268 g/mol. The van der Waals surface area contributed by atoms with Gasteiger partial charge in [0, 0.05) is 5.69 Å². The molecule has 0 aliphatic rings. The van der Waals surface area contributed by atoms with Gasteiger partial charge in [0.1, 0.15) is 5.82 Å². The normalized spacial score (nSPS) is 10.3. The summed E-state index contributed by atoms with van der Waals surface area (Å²) in [6.45, 7) is 0. The molecule has 2 aromatic rings. The Kier molecular flexibility index (Phi) is 3.37. The highest BCUT2D eigenvalue weighted by Crippen LogP contribution is 2.23. The van der Waals surface area contributed by atoms with Gasteiger partial charge in [-0.05, 0) is 30.3 Å². The van der Waals surface area contributed by atoms with Gasteiger partial charge >= 0.3 is 0 Å². The van der Waals surface area contributed by atoms with Crippen LogP contribution in [0.5, 0.6) is 0 Å². The first-order valence-corrected chi connectivity index (χ1v) is 5.29. The number of halogens is 3. The number of rotatable bonds is 3. The first-order chi connectivity index (χ1) is 8.99. The van der Waals surface area contributed by atoms with Gasteiger partial charge in [0.2, 0.25) is 0 Å². The van der Waals surface area contributed by atoms with E-state index in [1.54, 1.807) is 0 Å². The molecule has 6 N–H and O–H groups in total. The Hall–Kier alpha value is -2.57. The van der Waals surface area contributed by atoms with Crippen molar-refractivity contribution >= 4 is 22.7 Å². The number of anilines is 4. The standard InChI is InChI=1S/C12H11F3N4/c13-7-5-6(16)1-3-9(7)18-19-10-4-2-8(17)11(14)12(10)15/h1-5,18-19H,16-17H2. The van der Waals surface area contributed by atoms with E-state index in [9.17, 15) is 13.2 Å². The Bertz CT molecular complexity index is 616. The molecule has 0 spiro atoms. The van der Waals surface area contributed by atoms with Crippen molar-refractivity contribution in [3.8, 4) is 0 Å². The molecule has 0 aromatic heterocycles. The second kappa shape index (κ2) is 4.97. The second-order valence-corrected chi connectivity index (χ2v) is 3.82. The van der Waals surface area contributed by atoms with Crippen molar-refractivity contribution in [1.29, 1.82) is 0 Å². The molecule has 0 fully saturated rings. The van der Waals surface area contributed by atoms with Crippen molar-refractivity contribution < 1.29 is 13.2 Å². The average Bonchev–Trinajstić information content (AvgIpc) is 2.37. The quantitative estimate of drug-likeness (QED) is 0.510. The lowest BCUT2D eigenvalue weighted by Gasteiger charge is -2.12. The van der Waals surface area contributed by atoms with Crippen molar-refractivity contribution in [3.63, 3.8) is 0 Å². The second-order valence-electron chi connectivity index (χ2n) is 3.82. The van der Waals surface area contributed by atoms with Gasteiger partial charge in [-0.2, -0.15) is 0 Å². The minimum absolute atomic E-state index is 0.0471. The zero-order valence-electron chi connectivity index (χ0n) is 9.68. The smallest absolute Gasteiger partial charge is 0.185 e. The molecule has 0 saturated carbocycles. The number of hydrazine groups is 1. The molecule has 0 radical (unpaired) electrons. The Morgan fingerprint density at radius 1 is 0.789 bits per heavy atom. The maximum atomic E-state index is 13.5. The van der Waals surface area contributed by atoms with Crippen molar-refractivity contribution in [2.75, 3.05) is 22.3 Å². The molecule has 0 amide bonds. The molecule has 0 aliphatic heterocycles. The lowest BCUT2D eigenvalue weighted by molar-refractivity contribution is 0.515. The van der Waals surface area contributed by atoms with E-state index in [4.69, 9.17) is 11.5 Å². The Balaban J connectivity index is 2.17. The van der Waals surface area contributed by atoms with Crippen LogP contribution in [-0.2, 0) is 0 Å². The lowest BCUT2D eigenvalue weighted by Crippen LogP contribution is -2.12. The summed E-state index contributed by atoms with van der Waals surface area (Å²) in [7, 11) is 0. The highest BCUT2D eigenvalue weighted by Gasteiger charge is 2.11. The lowest BCUT2D eigenvalue weighted by atomic mass is 10.2. The van der Waals surface area contributed by atoms with Crippen molar-refractivity contribution in [2.24, 2.45) is 0 Å². The Morgan fingerprint density at radius 2 is 1.42 bits per heavy atom. The van der Waals surface area contributed by atoms with Crippen molar-refractivity contribution in [2.45, 2.75) is 0 Å². The third-order valence-corrected chi connectivity index (χ3v) is 2.44. The van der Waals surface area contributed by atoms with E-state index in [0.29, 0.717) is 0 Å². The van der Waals surface area contributed by atoms with Gasteiger partial charge in [-0.1, -0.05) is 0 Å². The molecule has 2 aromatic carbocycles. The number of benzene rings is 2. The van der Waals surface area contributed by atoms with Crippen LogP contribution in [0.2, 0.25) is 0 Å². The van der Waals surface area contributed by atoms with E-state index in [1.807, 2.05) is 0 Å². The van der Waals surface area contributed by atoms with E-state index < -0.39 is 17.5 Å². The predicted molar refractivity (Wildman–Crippen MR) is 68.8 cm³/mol. The highest BCUT2D eigenvalue weighted by atomic mass is 19.2. The molecule has 2 rings (SSSR count). The molecule has 0 aliphatic carbocycles. The van der Waals surface area contributed by atoms with E-state index in [1.165, 1.54) is 24.3 Å². The number of nitrogens with one attached hydrogen (secondary N) is 2.